The van der Waals surface area contributed by atoms with Gasteiger partial charge in [-0.3, -0.25) is 0 Å². The predicted octanol–water partition coefficient (Wildman–Crippen LogP) is 3.56. The molecule has 1 N–H and O–H groups in total. The molecule has 1 heterocycles. The molecular formula is C15H21N3. The van der Waals surface area contributed by atoms with Crippen LogP contribution in [0.2, 0.25) is 0 Å². The molecule has 0 spiro atoms. The summed E-state index contributed by atoms with van der Waals surface area (Å²) < 4.78 is 0. The number of pyridine rings is 1. The smallest absolute Gasteiger partial charge is 0.144 e. The molecule has 18 heavy (non-hydrogen) atoms. The van der Waals surface area contributed by atoms with Gasteiger partial charge < -0.3 is 5.32 Å². The van der Waals surface area contributed by atoms with Crippen LogP contribution in [-0.2, 0) is 0 Å². The van der Waals surface area contributed by atoms with Gasteiger partial charge in [-0.15, -0.1) is 0 Å². The summed E-state index contributed by atoms with van der Waals surface area (Å²) in [5.74, 6) is 0.753. The molecule has 1 fully saturated rings. The molecule has 1 aliphatic rings. The van der Waals surface area contributed by atoms with Crippen LogP contribution in [0.5, 0.6) is 0 Å². The Morgan fingerprint density at radius 3 is 2.67 bits per heavy atom. The molecule has 1 aromatic rings. The molecule has 1 aliphatic carbocycles. The van der Waals surface area contributed by atoms with Gasteiger partial charge in [-0.25, -0.2) is 4.98 Å². The maximum Gasteiger partial charge on any atom is 0.144 e. The standard InChI is InChI=1S/C15H21N3/c1-11-8-12(2)18-14(13(11)9-16)17-10-15(3)6-4-5-7-15/h8H,4-7,10H2,1-3H3,(H,17,18). The van der Waals surface area contributed by atoms with Crippen LogP contribution < -0.4 is 5.32 Å². The molecular weight excluding hydrogens is 222 g/mol. The fourth-order valence-corrected chi connectivity index (χ4v) is 2.81. The molecule has 0 bridgehead atoms. The number of aromatic nitrogens is 1. The normalized spacial score (nSPS) is 17.4. The third kappa shape index (κ3) is 2.64. The van der Waals surface area contributed by atoms with E-state index in [0.29, 0.717) is 11.0 Å². The van der Waals surface area contributed by atoms with Crippen LogP contribution >= 0.6 is 0 Å². The van der Waals surface area contributed by atoms with Crippen LogP contribution in [0.1, 0.15) is 49.4 Å². The number of nitrogens with one attached hydrogen (secondary N) is 1. The summed E-state index contributed by atoms with van der Waals surface area (Å²) in [6.07, 6.45) is 5.19. The highest BCUT2D eigenvalue weighted by atomic mass is 15.0. The Kier molecular flexibility index (Phi) is 3.56. The molecule has 0 aromatic carbocycles. The highest BCUT2D eigenvalue weighted by Gasteiger charge is 2.28. The Hall–Kier alpha value is -1.56. The van der Waals surface area contributed by atoms with Crippen LogP contribution in [0.4, 0.5) is 5.82 Å². The van der Waals surface area contributed by atoms with E-state index in [0.717, 1.165) is 23.6 Å². The molecule has 3 heteroatoms. The number of anilines is 1. The van der Waals surface area contributed by atoms with Gasteiger partial charge >= 0.3 is 0 Å². The molecule has 0 aliphatic heterocycles. The second-order valence-corrected chi connectivity index (χ2v) is 5.79. The Labute approximate surface area is 109 Å². The van der Waals surface area contributed by atoms with Crippen LogP contribution in [-0.4, -0.2) is 11.5 Å². The minimum Gasteiger partial charge on any atom is -0.368 e. The molecule has 0 unspecified atom stereocenters. The first-order valence-corrected chi connectivity index (χ1v) is 6.66. The van der Waals surface area contributed by atoms with E-state index in [1.807, 2.05) is 19.9 Å². The lowest BCUT2D eigenvalue weighted by atomic mass is 9.89. The van der Waals surface area contributed by atoms with E-state index in [4.69, 9.17) is 0 Å². The van der Waals surface area contributed by atoms with Gasteiger partial charge in [0.1, 0.15) is 11.9 Å². The van der Waals surface area contributed by atoms with E-state index >= 15 is 0 Å². The van der Waals surface area contributed by atoms with Gasteiger partial charge in [0.15, 0.2) is 0 Å². The molecule has 0 radical (unpaired) electrons. The van der Waals surface area contributed by atoms with Crippen molar-refractivity contribution in [1.82, 2.24) is 4.98 Å². The molecule has 96 valence electrons. The van der Waals surface area contributed by atoms with Gasteiger partial charge in [0.2, 0.25) is 0 Å². The Balaban J connectivity index is 2.16. The van der Waals surface area contributed by atoms with Crippen LogP contribution in [0, 0.1) is 30.6 Å². The van der Waals surface area contributed by atoms with Crippen molar-refractivity contribution in [1.29, 1.82) is 5.26 Å². The summed E-state index contributed by atoms with van der Waals surface area (Å²) in [5.41, 5.74) is 3.02. The minimum atomic E-state index is 0.367. The number of hydrogen-bond donors (Lipinski definition) is 1. The third-order valence-electron chi connectivity index (χ3n) is 3.95. The van der Waals surface area contributed by atoms with Crippen molar-refractivity contribution in [2.24, 2.45) is 5.41 Å². The van der Waals surface area contributed by atoms with Crippen molar-refractivity contribution < 1.29 is 0 Å². The second-order valence-electron chi connectivity index (χ2n) is 5.79. The predicted molar refractivity (Wildman–Crippen MR) is 73.5 cm³/mol. The van der Waals surface area contributed by atoms with Crippen molar-refractivity contribution in [2.75, 3.05) is 11.9 Å². The average molecular weight is 243 g/mol. The first kappa shape index (κ1) is 12.9. The number of nitrogens with zero attached hydrogens (tertiary/aromatic N) is 2. The van der Waals surface area contributed by atoms with Crippen molar-refractivity contribution in [3.05, 3.63) is 22.9 Å². The second kappa shape index (κ2) is 4.97. The Morgan fingerprint density at radius 1 is 1.39 bits per heavy atom. The minimum absolute atomic E-state index is 0.367. The summed E-state index contributed by atoms with van der Waals surface area (Å²) in [6, 6.07) is 4.21. The van der Waals surface area contributed by atoms with E-state index in [-0.39, 0.29) is 0 Å². The molecule has 0 saturated heterocycles. The number of aryl methyl sites for hydroxylation is 2. The maximum atomic E-state index is 9.22. The Bertz CT molecular complexity index is 479. The first-order chi connectivity index (χ1) is 8.54. The highest BCUT2D eigenvalue weighted by Crippen LogP contribution is 2.37. The molecule has 0 atom stereocenters. The molecule has 0 amide bonds. The SMILES string of the molecule is Cc1cc(C)c(C#N)c(NCC2(C)CCCC2)n1. The van der Waals surface area contributed by atoms with Crippen LogP contribution in [0.15, 0.2) is 6.07 Å². The topological polar surface area (TPSA) is 48.7 Å². The van der Waals surface area contributed by atoms with E-state index in [9.17, 15) is 5.26 Å². The van der Waals surface area contributed by atoms with Crippen LogP contribution in [0.3, 0.4) is 0 Å². The van der Waals surface area contributed by atoms with Crippen molar-refractivity contribution in [2.45, 2.75) is 46.5 Å². The van der Waals surface area contributed by atoms with Gasteiger partial charge in [0, 0.05) is 12.2 Å². The average Bonchev–Trinajstić information content (AvgIpc) is 2.73. The van der Waals surface area contributed by atoms with Crippen LogP contribution in [0.25, 0.3) is 0 Å². The number of hydrogen-bond acceptors (Lipinski definition) is 3. The lowest BCUT2D eigenvalue weighted by Crippen LogP contribution is -2.24. The van der Waals surface area contributed by atoms with E-state index < -0.39 is 0 Å². The van der Waals surface area contributed by atoms with Crippen molar-refractivity contribution in [3.63, 3.8) is 0 Å². The van der Waals surface area contributed by atoms with Gasteiger partial charge in [-0.1, -0.05) is 19.8 Å². The Morgan fingerprint density at radius 2 is 2.06 bits per heavy atom. The quantitative estimate of drug-likeness (QED) is 0.883. The van der Waals surface area contributed by atoms with E-state index in [1.54, 1.807) is 0 Å². The largest absolute Gasteiger partial charge is 0.368 e. The molecule has 3 nitrogen and oxygen atoms in total. The van der Waals surface area contributed by atoms with Crippen molar-refractivity contribution in [3.8, 4) is 6.07 Å². The van der Waals surface area contributed by atoms with E-state index in [1.165, 1.54) is 25.7 Å². The fraction of sp³-hybridized carbons (Fsp3) is 0.600. The number of nitriles is 1. The summed E-state index contributed by atoms with van der Waals surface area (Å²) in [4.78, 5) is 4.46. The highest BCUT2D eigenvalue weighted by molar-refractivity contribution is 5.56. The molecule has 2 rings (SSSR count). The van der Waals surface area contributed by atoms with Crippen molar-refractivity contribution >= 4 is 5.82 Å². The monoisotopic (exact) mass is 243 g/mol. The maximum absolute atomic E-state index is 9.22. The summed E-state index contributed by atoms with van der Waals surface area (Å²) in [5, 5.41) is 12.6. The first-order valence-electron chi connectivity index (χ1n) is 6.66. The van der Waals surface area contributed by atoms with Gasteiger partial charge in [-0.2, -0.15) is 5.26 Å². The molecule has 1 aromatic heterocycles. The van der Waals surface area contributed by atoms with Gasteiger partial charge in [-0.05, 0) is 43.7 Å². The summed E-state index contributed by atoms with van der Waals surface area (Å²) in [7, 11) is 0. The van der Waals surface area contributed by atoms with E-state index in [2.05, 4.69) is 23.3 Å². The zero-order valence-electron chi connectivity index (χ0n) is 11.5. The fourth-order valence-electron chi connectivity index (χ4n) is 2.81. The van der Waals surface area contributed by atoms with Gasteiger partial charge in [0.05, 0.1) is 5.56 Å². The number of rotatable bonds is 3. The zero-order valence-corrected chi connectivity index (χ0v) is 11.5. The molecule has 1 saturated carbocycles. The van der Waals surface area contributed by atoms with Gasteiger partial charge in [0.25, 0.3) is 0 Å². The lowest BCUT2D eigenvalue weighted by Gasteiger charge is -2.24. The summed E-state index contributed by atoms with van der Waals surface area (Å²) in [6.45, 7) is 7.17. The summed E-state index contributed by atoms with van der Waals surface area (Å²) >= 11 is 0. The zero-order chi connectivity index (χ0) is 13.2. The lowest BCUT2D eigenvalue weighted by molar-refractivity contribution is 0.361. The third-order valence-corrected chi connectivity index (χ3v) is 3.95.